The van der Waals surface area contributed by atoms with E-state index in [2.05, 4.69) is 10.6 Å². The third-order valence-corrected chi connectivity index (χ3v) is 3.53. The molecular formula is C17H16N4O4. The molecule has 2 amide bonds. The number of nitrogens with zero attached hydrogens (tertiary/aromatic N) is 4. The van der Waals surface area contributed by atoms with Crippen LogP contribution in [0.4, 0.5) is 11.4 Å². The second kappa shape index (κ2) is 7.91. The van der Waals surface area contributed by atoms with Gasteiger partial charge in [0.05, 0.1) is 21.9 Å². The molecule has 0 radical (unpaired) electrons. The summed E-state index contributed by atoms with van der Waals surface area (Å²) in [5.74, 6) is -0.922. The van der Waals surface area contributed by atoms with Gasteiger partial charge in [0.25, 0.3) is 0 Å². The Morgan fingerprint density at radius 1 is 0.720 bits per heavy atom. The highest BCUT2D eigenvalue weighted by molar-refractivity contribution is 5.91. The number of hydrogen-bond acceptors (Lipinski definition) is 6. The molecule has 0 saturated heterocycles. The van der Waals surface area contributed by atoms with Gasteiger partial charge in [0.1, 0.15) is 0 Å². The lowest BCUT2D eigenvalue weighted by Gasteiger charge is -2.12. The summed E-state index contributed by atoms with van der Waals surface area (Å²) >= 11 is 0. The molecule has 0 atom stereocenters. The number of amides is 2. The molecule has 0 aliphatic heterocycles. The second-order valence-corrected chi connectivity index (χ2v) is 5.33. The standard InChI is InChI=1S/C17H16N4O4/c1-12(22)20(18-24)16-7-3-14(4-8-16)11-15-5-9-17(10-6-15)21(19-25)13(2)23/h3-10H,11H2,1-2H3. The van der Waals surface area contributed by atoms with Crippen LogP contribution >= 0.6 is 0 Å². The van der Waals surface area contributed by atoms with Crippen molar-refractivity contribution in [3.8, 4) is 0 Å². The summed E-state index contributed by atoms with van der Waals surface area (Å²) in [5.41, 5.74) is 2.72. The molecule has 0 unspecified atom stereocenters. The minimum absolute atomic E-state index is 0.399. The third kappa shape index (κ3) is 4.31. The number of rotatable bonds is 6. The van der Waals surface area contributed by atoms with Crippen LogP contribution in [0.1, 0.15) is 25.0 Å². The van der Waals surface area contributed by atoms with Gasteiger partial charge >= 0.3 is 0 Å². The third-order valence-electron chi connectivity index (χ3n) is 3.53. The summed E-state index contributed by atoms with van der Waals surface area (Å²) in [6.07, 6.45) is 0.601. The molecule has 128 valence electrons. The number of carbonyl (C=O) groups is 2. The molecule has 0 bridgehead atoms. The van der Waals surface area contributed by atoms with Crippen molar-refractivity contribution in [2.75, 3.05) is 10.0 Å². The van der Waals surface area contributed by atoms with Crippen molar-refractivity contribution >= 4 is 23.2 Å². The van der Waals surface area contributed by atoms with Crippen molar-refractivity contribution in [3.05, 3.63) is 69.5 Å². The zero-order valence-electron chi connectivity index (χ0n) is 13.7. The first-order valence-corrected chi connectivity index (χ1v) is 7.42. The first-order chi connectivity index (χ1) is 12.0. The molecule has 0 fully saturated rings. The van der Waals surface area contributed by atoms with Crippen molar-refractivity contribution in [2.45, 2.75) is 20.3 Å². The number of hydrogen-bond donors (Lipinski definition) is 0. The van der Waals surface area contributed by atoms with Crippen molar-refractivity contribution in [1.82, 2.24) is 0 Å². The number of nitroso groups, excluding NO2 is 2. The van der Waals surface area contributed by atoms with E-state index in [0.29, 0.717) is 17.8 Å². The largest absolute Gasteiger partial charge is 0.273 e. The Bertz CT molecular complexity index is 720. The Balaban J connectivity index is 2.12. The van der Waals surface area contributed by atoms with Gasteiger partial charge in [0.15, 0.2) is 0 Å². The van der Waals surface area contributed by atoms with Crippen LogP contribution in [0, 0.1) is 9.81 Å². The van der Waals surface area contributed by atoms with Crippen LogP contribution in [0.5, 0.6) is 0 Å². The lowest BCUT2D eigenvalue weighted by atomic mass is 10.0. The predicted octanol–water partition coefficient (Wildman–Crippen LogP) is 3.35. The molecule has 0 heterocycles. The van der Waals surface area contributed by atoms with Gasteiger partial charge in [-0.1, -0.05) is 24.3 Å². The van der Waals surface area contributed by atoms with Crippen LogP contribution in [0.2, 0.25) is 0 Å². The number of benzene rings is 2. The summed E-state index contributed by atoms with van der Waals surface area (Å²) in [6, 6.07) is 13.7. The van der Waals surface area contributed by atoms with E-state index < -0.39 is 11.8 Å². The van der Waals surface area contributed by atoms with Gasteiger partial charge in [0.2, 0.25) is 11.8 Å². The van der Waals surface area contributed by atoms with Gasteiger partial charge in [-0.05, 0) is 41.8 Å². The van der Waals surface area contributed by atoms with Gasteiger partial charge < -0.3 is 0 Å². The zero-order valence-corrected chi connectivity index (χ0v) is 13.7. The molecule has 25 heavy (non-hydrogen) atoms. The Morgan fingerprint density at radius 3 is 1.28 bits per heavy atom. The van der Waals surface area contributed by atoms with E-state index in [1.165, 1.54) is 13.8 Å². The van der Waals surface area contributed by atoms with Crippen LogP contribution in [0.25, 0.3) is 0 Å². The van der Waals surface area contributed by atoms with E-state index in [0.717, 1.165) is 21.1 Å². The topological polar surface area (TPSA) is 99.5 Å². The highest BCUT2D eigenvalue weighted by Gasteiger charge is 2.12. The highest BCUT2D eigenvalue weighted by atomic mass is 16.3. The summed E-state index contributed by atoms with van der Waals surface area (Å²) in [6.45, 7) is 2.52. The molecule has 2 rings (SSSR count). The molecule has 0 N–H and O–H groups in total. The van der Waals surface area contributed by atoms with Crippen LogP contribution < -0.4 is 10.0 Å². The van der Waals surface area contributed by atoms with Crippen LogP contribution in [-0.2, 0) is 16.0 Å². The van der Waals surface area contributed by atoms with Gasteiger partial charge in [-0.2, -0.15) is 10.0 Å². The lowest BCUT2D eigenvalue weighted by Crippen LogP contribution is -2.21. The fraction of sp³-hybridized carbons (Fsp3) is 0.176. The van der Waals surface area contributed by atoms with Gasteiger partial charge in [-0.3, -0.25) is 9.59 Å². The summed E-state index contributed by atoms with van der Waals surface area (Å²) in [7, 11) is 0. The molecule has 0 aliphatic carbocycles. The maximum Gasteiger partial charge on any atom is 0.246 e. The molecule has 0 spiro atoms. The SMILES string of the molecule is CC(=O)N(N=O)c1ccc(Cc2ccc(N(N=O)C(C)=O)cc2)cc1. The van der Waals surface area contributed by atoms with E-state index in [1.807, 2.05) is 0 Å². The normalized spacial score (nSPS) is 10.0. The Morgan fingerprint density at radius 2 is 1.04 bits per heavy atom. The minimum atomic E-state index is -0.461. The van der Waals surface area contributed by atoms with Crippen molar-refractivity contribution in [2.24, 2.45) is 10.6 Å². The van der Waals surface area contributed by atoms with Gasteiger partial charge in [-0.15, -0.1) is 9.81 Å². The quantitative estimate of drug-likeness (QED) is 0.594. The van der Waals surface area contributed by atoms with E-state index in [-0.39, 0.29) is 0 Å². The molecule has 8 heteroatoms. The zero-order chi connectivity index (χ0) is 18.4. The maximum absolute atomic E-state index is 11.3. The fourth-order valence-corrected chi connectivity index (χ4v) is 2.32. The molecule has 0 aromatic heterocycles. The first-order valence-electron chi connectivity index (χ1n) is 7.42. The molecular weight excluding hydrogens is 324 g/mol. The van der Waals surface area contributed by atoms with Gasteiger partial charge in [0, 0.05) is 13.8 Å². The highest BCUT2D eigenvalue weighted by Crippen LogP contribution is 2.20. The fourth-order valence-electron chi connectivity index (χ4n) is 2.32. The molecule has 0 saturated carbocycles. The number of carbonyl (C=O) groups excluding carboxylic acids is 2. The van der Waals surface area contributed by atoms with E-state index in [4.69, 9.17) is 0 Å². The van der Waals surface area contributed by atoms with Crippen LogP contribution in [0.15, 0.2) is 59.1 Å². The summed E-state index contributed by atoms with van der Waals surface area (Å²) in [5, 5.41) is 6.93. The summed E-state index contributed by atoms with van der Waals surface area (Å²) < 4.78 is 0. The maximum atomic E-state index is 11.3. The summed E-state index contributed by atoms with van der Waals surface area (Å²) in [4.78, 5) is 43.9. The first kappa shape index (κ1) is 17.9. The van der Waals surface area contributed by atoms with E-state index in [9.17, 15) is 19.4 Å². The van der Waals surface area contributed by atoms with E-state index >= 15 is 0 Å². The van der Waals surface area contributed by atoms with Gasteiger partial charge in [-0.25, -0.2) is 0 Å². The predicted molar refractivity (Wildman–Crippen MR) is 93.6 cm³/mol. The lowest BCUT2D eigenvalue weighted by molar-refractivity contribution is -0.117. The minimum Gasteiger partial charge on any atom is -0.273 e. The Kier molecular flexibility index (Phi) is 5.67. The Hall–Kier alpha value is -3.42. The van der Waals surface area contributed by atoms with E-state index in [1.54, 1.807) is 48.5 Å². The van der Waals surface area contributed by atoms with Crippen molar-refractivity contribution in [3.63, 3.8) is 0 Å². The van der Waals surface area contributed by atoms with Crippen molar-refractivity contribution in [1.29, 1.82) is 0 Å². The molecule has 2 aromatic carbocycles. The second-order valence-electron chi connectivity index (χ2n) is 5.33. The molecule has 2 aromatic rings. The molecule has 8 nitrogen and oxygen atoms in total. The Labute approximate surface area is 143 Å². The molecule has 0 aliphatic rings. The van der Waals surface area contributed by atoms with Crippen LogP contribution in [0.3, 0.4) is 0 Å². The van der Waals surface area contributed by atoms with Crippen molar-refractivity contribution < 1.29 is 9.59 Å². The average molecular weight is 340 g/mol. The van der Waals surface area contributed by atoms with Crippen LogP contribution in [-0.4, -0.2) is 11.8 Å². The average Bonchev–Trinajstić information content (AvgIpc) is 2.58. The number of anilines is 2. The monoisotopic (exact) mass is 340 g/mol. The smallest absolute Gasteiger partial charge is 0.246 e.